The summed E-state index contributed by atoms with van der Waals surface area (Å²) in [5, 5.41) is 3.37. The van der Waals surface area contributed by atoms with Gasteiger partial charge < -0.3 is 20.4 Å². The van der Waals surface area contributed by atoms with Crippen LogP contribution < -0.4 is 11.1 Å². The highest BCUT2D eigenvalue weighted by atomic mass is 16.5. The topological polar surface area (TPSA) is 112 Å². The van der Waals surface area contributed by atoms with Gasteiger partial charge in [0.25, 0.3) is 5.91 Å². The monoisotopic (exact) mass is 401 g/mol. The van der Waals surface area contributed by atoms with Crippen molar-refractivity contribution in [2.45, 2.75) is 6.54 Å². The molecule has 150 valence electrons. The van der Waals surface area contributed by atoms with E-state index in [0.717, 1.165) is 5.56 Å². The highest BCUT2D eigenvalue weighted by Gasteiger charge is 2.26. The van der Waals surface area contributed by atoms with Crippen LogP contribution in [0.1, 0.15) is 26.4 Å². The lowest BCUT2D eigenvalue weighted by molar-refractivity contribution is 0.0591. The van der Waals surface area contributed by atoms with Crippen LogP contribution in [0.5, 0.6) is 0 Å². The molecule has 0 unspecified atom stereocenters. The normalized spacial score (nSPS) is 10.7. The summed E-state index contributed by atoms with van der Waals surface area (Å²) in [6, 6.07) is 14.6. The summed E-state index contributed by atoms with van der Waals surface area (Å²) in [7, 11) is 1.29. The van der Waals surface area contributed by atoms with Crippen LogP contribution >= 0.6 is 0 Å². The van der Waals surface area contributed by atoms with E-state index in [9.17, 15) is 9.59 Å². The van der Waals surface area contributed by atoms with Crippen LogP contribution in [0.3, 0.4) is 0 Å². The maximum Gasteiger partial charge on any atom is 0.356 e. The third-order valence-electron chi connectivity index (χ3n) is 4.64. The zero-order valence-corrected chi connectivity index (χ0v) is 16.2. The SMILES string of the molecule is COC(=O)c1c(NC(=O)c2cccnc2)c2cc(N)cnc2n1Cc1ccccc1. The molecule has 3 N–H and O–H groups in total. The van der Waals surface area contributed by atoms with Crippen molar-refractivity contribution in [1.82, 2.24) is 14.5 Å². The molecule has 4 aromatic rings. The van der Waals surface area contributed by atoms with Gasteiger partial charge in [0.05, 0.1) is 30.2 Å². The lowest BCUT2D eigenvalue weighted by Gasteiger charge is -2.11. The van der Waals surface area contributed by atoms with E-state index in [1.807, 2.05) is 30.3 Å². The Morgan fingerprint density at radius 2 is 1.93 bits per heavy atom. The number of nitrogens with zero attached hydrogens (tertiary/aromatic N) is 3. The minimum absolute atomic E-state index is 0.187. The van der Waals surface area contributed by atoms with Crippen molar-refractivity contribution in [3.63, 3.8) is 0 Å². The highest BCUT2D eigenvalue weighted by molar-refractivity contribution is 6.14. The van der Waals surface area contributed by atoms with E-state index in [0.29, 0.717) is 34.5 Å². The van der Waals surface area contributed by atoms with Gasteiger partial charge in [0.15, 0.2) is 5.69 Å². The Hall–Kier alpha value is -4.20. The number of nitrogens with one attached hydrogen (secondary N) is 1. The molecule has 0 fully saturated rings. The molecule has 1 aromatic carbocycles. The van der Waals surface area contributed by atoms with Crippen molar-refractivity contribution in [3.8, 4) is 0 Å². The van der Waals surface area contributed by atoms with Gasteiger partial charge in [-0.1, -0.05) is 30.3 Å². The molecule has 0 saturated carbocycles. The first-order valence-electron chi connectivity index (χ1n) is 9.20. The molecule has 4 rings (SSSR count). The largest absolute Gasteiger partial charge is 0.464 e. The summed E-state index contributed by atoms with van der Waals surface area (Å²) < 4.78 is 6.74. The smallest absolute Gasteiger partial charge is 0.356 e. The molecule has 8 nitrogen and oxygen atoms in total. The standard InChI is InChI=1S/C22H19N5O3/c1-30-22(29)19-18(26-21(28)15-8-5-9-24-11-15)17-10-16(23)12-25-20(17)27(19)13-14-6-3-2-4-7-14/h2-12H,13,23H2,1H3,(H,26,28). The van der Waals surface area contributed by atoms with Crippen LogP contribution in [0, 0.1) is 0 Å². The number of aromatic nitrogens is 3. The number of carbonyl (C=O) groups is 2. The number of benzene rings is 1. The van der Waals surface area contributed by atoms with E-state index in [-0.39, 0.29) is 5.69 Å². The first-order valence-corrected chi connectivity index (χ1v) is 9.20. The maximum atomic E-state index is 12.8. The molecule has 0 atom stereocenters. The highest BCUT2D eigenvalue weighted by Crippen LogP contribution is 2.33. The van der Waals surface area contributed by atoms with Gasteiger partial charge in [-0.15, -0.1) is 0 Å². The van der Waals surface area contributed by atoms with E-state index >= 15 is 0 Å². The predicted molar refractivity (Wildman–Crippen MR) is 113 cm³/mol. The van der Waals surface area contributed by atoms with E-state index in [1.165, 1.54) is 19.5 Å². The summed E-state index contributed by atoms with van der Waals surface area (Å²) in [4.78, 5) is 34.0. The second-order valence-electron chi connectivity index (χ2n) is 6.62. The molecule has 0 aliphatic heterocycles. The van der Waals surface area contributed by atoms with Crippen LogP contribution in [-0.2, 0) is 11.3 Å². The first kappa shape index (κ1) is 19.1. The fraction of sp³-hybridized carbons (Fsp3) is 0.0909. The Balaban J connectivity index is 1.90. The number of rotatable bonds is 5. The van der Waals surface area contributed by atoms with Gasteiger partial charge in [-0.2, -0.15) is 0 Å². The maximum absolute atomic E-state index is 12.8. The molecule has 0 aliphatic carbocycles. The summed E-state index contributed by atoms with van der Waals surface area (Å²) >= 11 is 0. The Morgan fingerprint density at radius 1 is 1.13 bits per heavy atom. The summed E-state index contributed by atoms with van der Waals surface area (Å²) in [6.45, 7) is 0.363. The molecular weight excluding hydrogens is 382 g/mol. The first-order chi connectivity index (χ1) is 14.6. The molecule has 0 saturated heterocycles. The molecule has 3 aromatic heterocycles. The number of pyridine rings is 2. The number of methoxy groups -OCH3 is 1. The molecule has 0 radical (unpaired) electrons. The van der Waals surface area contributed by atoms with Gasteiger partial charge in [0.2, 0.25) is 0 Å². The predicted octanol–water partition coefficient (Wildman–Crippen LogP) is 3.10. The number of esters is 1. The van der Waals surface area contributed by atoms with Crippen LogP contribution in [0.25, 0.3) is 11.0 Å². The van der Waals surface area contributed by atoms with E-state index in [4.69, 9.17) is 10.5 Å². The minimum Gasteiger partial charge on any atom is -0.464 e. The number of nitrogen functional groups attached to an aromatic ring is 1. The number of hydrogen-bond acceptors (Lipinski definition) is 6. The van der Waals surface area contributed by atoms with Crippen LogP contribution in [0.2, 0.25) is 0 Å². The molecule has 0 aliphatic rings. The summed E-state index contributed by atoms with van der Waals surface area (Å²) in [5.74, 6) is -1.00. The lowest BCUT2D eigenvalue weighted by Crippen LogP contribution is -2.17. The fourth-order valence-electron chi connectivity index (χ4n) is 3.28. The van der Waals surface area contributed by atoms with Crippen LogP contribution in [0.15, 0.2) is 67.1 Å². The molecule has 1 amide bonds. The van der Waals surface area contributed by atoms with Crippen LogP contribution in [0.4, 0.5) is 11.4 Å². The Morgan fingerprint density at radius 3 is 2.63 bits per heavy atom. The Kier molecular flexibility index (Phi) is 5.13. The number of amides is 1. The number of nitrogens with two attached hydrogens (primary N) is 1. The molecule has 30 heavy (non-hydrogen) atoms. The van der Waals surface area contributed by atoms with Gasteiger partial charge in [-0.05, 0) is 23.8 Å². The lowest BCUT2D eigenvalue weighted by atomic mass is 10.2. The quantitative estimate of drug-likeness (QED) is 0.497. The number of hydrogen-bond donors (Lipinski definition) is 2. The zero-order chi connectivity index (χ0) is 21.1. The van der Waals surface area contributed by atoms with Crippen LogP contribution in [-0.4, -0.2) is 33.5 Å². The summed E-state index contributed by atoms with van der Waals surface area (Å²) in [5.41, 5.74) is 8.66. The Bertz CT molecular complexity index is 1220. The van der Waals surface area contributed by atoms with E-state index in [1.54, 1.807) is 29.0 Å². The van der Waals surface area contributed by atoms with Gasteiger partial charge >= 0.3 is 5.97 Å². The fourth-order valence-corrected chi connectivity index (χ4v) is 3.28. The van der Waals surface area contributed by atoms with Gasteiger partial charge in [-0.25, -0.2) is 9.78 Å². The van der Waals surface area contributed by atoms with Gasteiger partial charge in [0.1, 0.15) is 5.65 Å². The molecule has 8 heteroatoms. The zero-order valence-electron chi connectivity index (χ0n) is 16.2. The number of ether oxygens (including phenoxy) is 1. The average Bonchev–Trinajstić information content (AvgIpc) is 3.06. The minimum atomic E-state index is -0.594. The Labute approximate surface area is 172 Å². The molecular formula is C22H19N5O3. The van der Waals surface area contributed by atoms with E-state index in [2.05, 4.69) is 15.3 Å². The van der Waals surface area contributed by atoms with Crippen molar-refractivity contribution in [3.05, 3.63) is 83.9 Å². The van der Waals surface area contributed by atoms with Crippen molar-refractivity contribution in [1.29, 1.82) is 0 Å². The second kappa shape index (κ2) is 8.04. The van der Waals surface area contributed by atoms with E-state index < -0.39 is 11.9 Å². The number of fused-ring (bicyclic) bond motifs is 1. The van der Waals surface area contributed by atoms with Crippen molar-refractivity contribution in [2.75, 3.05) is 18.2 Å². The van der Waals surface area contributed by atoms with Gasteiger partial charge in [-0.3, -0.25) is 9.78 Å². The van der Waals surface area contributed by atoms with Crippen molar-refractivity contribution in [2.24, 2.45) is 0 Å². The molecule has 0 spiro atoms. The second-order valence-corrected chi connectivity index (χ2v) is 6.62. The van der Waals surface area contributed by atoms with Crippen molar-refractivity contribution >= 4 is 34.3 Å². The number of anilines is 2. The van der Waals surface area contributed by atoms with Gasteiger partial charge in [0, 0.05) is 24.3 Å². The third-order valence-corrected chi connectivity index (χ3v) is 4.64. The number of carbonyl (C=O) groups excluding carboxylic acids is 2. The molecule has 0 bridgehead atoms. The average molecular weight is 401 g/mol. The van der Waals surface area contributed by atoms with Crippen molar-refractivity contribution < 1.29 is 14.3 Å². The summed E-state index contributed by atoms with van der Waals surface area (Å²) in [6.07, 6.45) is 4.54. The third kappa shape index (κ3) is 3.58. The molecule has 3 heterocycles.